The first kappa shape index (κ1) is 11.1. The molecule has 0 amide bonds. The molecule has 0 bridgehead atoms. The van der Waals surface area contributed by atoms with Gasteiger partial charge < -0.3 is 10.5 Å². The van der Waals surface area contributed by atoms with E-state index in [-0.39, 0.29) is 6.61 Å². The minimum Gasteiger partial charge on any atom is -0.460 e. The first-order valence-corrected chi connectivity index (χ1v) is 4.94. The predicted octanol–water partition coefficient (Wildman–Crippen LogP) is 0.987. The van der Waals surface area contributed by atoms with Crippen LogP contribution in [0.1, 0.15) is 5.56 Å². The second-order valence-electron chi connectivity index (χ2n) is 2.88. The van der Waals surface area contributed by atoms with Gasteiger partial charge in [-0.2, -0.15) is 12.6 Å². The summed E-state index contributed by atoms with van der Waals surface area (Å²) in [5, 5.41) is 0. The second-order valence-corrected chi connectivity index (χ2v) is 3.25. The van der Waals surface area contributed by atoms with Gasteiger partial charge >= 0.3 is 5.97 Å². The first-order valence-electron chi connectivity index (χ1n) is 4.31. The number of carbonyl (C=O) groups is 1. The van der Waals surface area contributed by atoms with Gasteiger partial charge in [-0.05, 0) is 5.56 Å². The lowest BCUT2D eigenvalue weighted by Gasteiger charge is -2.08. The molecule has 14 heavy (non-hydrogen) atoms. The summed E-state index contributed by atoms with van der Waals surface area (Å²) in [7, 11) is 0. The maximum absolute atomic E-state index is 11.2. The predicted molar refractivity (Wildman–Crippen MR) is 58.1 cm³/mol. The normalized spacial score (nSPS) is 12.1. The summed E-state index contributed by atoms with van der Waals surface area (Å²) in [4.78, 5) is 11.2. The molecule has 4 heteroatoms. The molecule has 0 aliphatic carbocycles. The fourth-order valence-corrected chi connectivity index (χ4v) is 1.06. The van der Waals surface area contributed by atoms with Crippen molar-refractivity contribution in [2.45, 2.75) is 12.6 Å². The lowest BCUT2D eigenvalue weighted by atomic mass is 10.2. The van der Waals surface area contributed by atoms with Crippen LogP contribution >= 0.6 is 12.6 Å². The third-order valence-corrected chi connectivity index (χ3v) is 2.12. The van der Waals surface area contributed by atoms with Crippen molar-refractivity contribution in [3.63, 3.8) is 0 Å². The van der Waals surface area contributed by atoms with E-state index in [0.717, 1.165) is 5.56 Å². The van der Waals surface area contributed by atoms with Crippen molar-refractivity contribution in [1.82, 2.24) is 0 Å². The molecule has 2 N–H and O–H groups in total. The molecular formula is C10H13NO2S. The van der Waals surface area contributed by atoms with E-state index in [1.807, 2.05) is 30.3 Å². The molecule has 76 valence electrons. The van der Waals surface area contributed by atoms with Gasteiger partial charge in [-0.1, -0.05) is 30.3 Å². The van der Waals surface area contributed by atoms with Crippen LogP contribution in [0.4, 0.5) is 0 Å². The summed E-state index contributed by atoms with van der Waals surface area (Å²) in [6.45, 7) is 0.265. The van der Waals surface area contributed by atoms with Crippen molar-refractivity contribution in [3.05, 3.63) is 35.9 Å². The van der Waals surface area contributed by atoms with E-state index >= 15 is 0 Å². The van der Waals surface area contributed by atoms with Crippen LogP contribution in [0.2, 0.25) is 0 Å². The number of hydrogen-bond donors (Lipinski definition) is 2. The van der Waals surface area contributed by atoms with Crippen LogP contribution in [0.25, 0.3) is 0 Å². The summed E-state index contributed by atoms with van der Waals surface area (Å²) in [6, 6.07) is 8.83. The average Bonchev–Trinajstić information content (AvgIpc) is 2.26. The molecule has 0 spiro atoms. The molecule has 0 saturated carbocycles. The lowest BCUT2D eigenvalue weighted by molar-refractivity contribution is -0.145. The standard InChI is InChI=1S/C10H13NO2S/c11-9(7-14)10(12)13-6-8-4-2-1-3-5-8/h1-5,9,14H,6-7,11H2/t9-/m0/s1. The highest BCUT2D eigenvalue weighted by Crippen LogP contribution is 2.01. The number of nitrogens with two attached hydrogens (primary N) is 1. The number of rotatable bonds is 4. The Bertz CT molecular complexity index is 289. The molecule has 0 aliphatic rings. The van der Waals surface area contributed by atoms with Gasteiger partial charge in [0, 0.05) is 5.75 Å². The first-order chi connectivity index (χ1) is 6.74. The second kappa shape index (κ2) is 5.67. The SMILES string of the molecule is N[C@@H](CS)C(=O)OCc1ccccc1. The monoisotopic (exact) mass is 211 g/mol. The summed E-state index contributed by atoms with van der Waals surface area (Å²) < 4.78 is 4.97. The Kier molecular flexibility index (Phi) is 4.49. The van der Waals surface area contributed by atoms with Crippen molar-refractivity contribution in [1.29, 1.82) is 0 Å². The molecule has 0 radical (unpaired) electrons. The smallest absolute Gasteiger partial charge is 0.324 e. The topological polar surface area (TPSA) is 52.3 Å². The van der Waals surface area contributed by atoms with Crippen molar-refractivity contribution in [3.8, 4) is 0 Å². The van der Waals surface area contributed by atoms with E-state index in [0.29, 0.717) is 5.75 Å². The number of thiol groups is 1. The van der Waals surface area contributed by atoms with Gasteiger partial charge in [0.1, 0.15) is 12.6 Å². The molecule has 0 saturated heterocycles. The van der Waals surface area contributed by atoms with E-state index in [4.69, 9.17) is 10.5 Å². The van der Waals surface area contributed by atoms with Gasteiger partial charge in [-0.25, -0.2) is 0 Å². The van der Waals surface area contributed by atoms with E-state index < -0.39 is 12.0 Å². The van der Waals surface area contributed by atoms with E-state index in [2.05, 4.69) is 12.6 Å². The third-order valence-electron chi connectivity index (χ3n) is 1.72. The van der Waals surface area contributed by atoms with Crippen LogP contribution in [0, 0.1) is 0 Å². The number of ether oxygens (including phenoxy) is 1. The minimum absolute atomic E-state index is 0.265. The third kappa shape index (κ3) is 3.40. The Morgan fingerprint density at radius 3 is 2.64 bits per heavy atom. The van der Waals surface area contributed by atoms with Gasteiger partial charge in [0.05, 0.1) is 0 Å². The molecule has 0 heterocycles. The van der Waals surface area contributed by atoms with Gasteiger partial charge in [-0.15, -0.1) is 0 Å². The Morgan fingerprint density at radius 1 is 1.43 bits per heavy atom. The van der Waals surface area contributed by atoms with Crippen LogP contribution < -0.4 is 5.73 Å². The van der Waals surface area contributed by atoms with Gasteiger partial charge in [0.25, 0.3) is 0 Å². The molecule has 0 aliphatic heterocycles. The molecule has 3 nitrogen and oxygen atoms in total. The highest BCUT2D eigenvalue weighted by Gasteiger charge is 2.12. The maximum atomic E-state index is 11.2. The molecule has 0 fully saturated rings. The average molecular weight is 211 g/mol. The summed E-state index contributed by atoms with van der Waals surface area (Å²) in [6.07, 6.45) is 0. The van der Waals surface area contributed by atoms with Crippen LogP contribution in [-0.4, -0.2) is 17.8 Å². The van der Waals surface area contributed by atoms with E-state index in [9.17, 15) is 4.79 Å². The Balaban J connectivity index is 2.38. The largest absolute Gasteiger partial charge is 0.460 e. The Labute approximate surface area is 88.7 Å². The maximum Gasteiger partial charge on any atom is 0.324 e. The van der Waals surface area contributed by atoms with Crippen LogP contribution in [-0.2, 0) is 16.1 Å². The fourth-order valence-electron chi connectivity index (χ4n) is 0.910. The van der Waals surface area contributed by atoms with E-state index in [1.54, 1.807) is 0 Å². The van der Waals surface area contributed by atoms with Gasteiger partial charge in [0.2, 0.25) is 0 Å². The van der Waals surface area contributed by atoms with Crippen molar-refractivity contribution >= 4 is 18.6 Å². The van der Waals surface area contributed by atoms with Crippen LogP contribution in [0.3, 0.4) is 0 Å². The molecule has 1 aromatic carbocycles. The van der Waals surface area contributed by atoms with Gasteiger partial charge in [-0.3, -0.25) is 4.79 Å². The van der Waals surface area contributed by atoms with Crippen molar-refractivity contribution in [2.24, 2.45) is 5.73 Å². The number of benzene rings is 1. The number of esters is 1. The zero-order valence-corrected chi connectivity index (χ0v) is 8.61. The molecule has 0 aromatic heterocycles. The molecular weight excluding hydrogens is 198 g/mol. The molecule has 1 rings (SSSR count). The Morgan fingerprint density at radius 2 is 2.07 bits per heavy atom. The summed E-state index contributed by atoms with van der Waals surface area (Å²) in [5.74, 6) is -0.114. The van der Waals surface area contributed by atoms with Crippen molar-refractivity contribution in [2.75, 3.05) is 5.75 Å². The quantitative estimate of drug-likeness (QED) is 0.577. The van der Waals surface area contributed by atoms with Gasteiger partial charge in [0.15, 0.2) is 0 Å². The molecule has 1 aromatic rings. The van der Waals surface area contributed by atoms with E-state index in [1.165, 1.54) is 0 Å². The summed E-state index contributed by atoms with van der Waals surface area (Å²) in [5.41, 5.74) is 6.38. The number of hydrogen-bond acceptors (Lipinski definition) is 4. The fraction of sp³-hybridized carbons (Fsp3) is 0.300. The number of carbonyl (C=O) groups excluding carboxylic acids is 1. The van der Waals surface area contributed by atoms with Crippen molar-refractivity contribution < 1.29 is 9.53 Å². The zero-order valence-electron chi connectivity index (χ0n) is 7.72. The van der Waals surface area contributed by atoms with Crippen LogP contribution in [0.15, 0.2) is 30.3 Å². The minimum atomic E-state index is -0.637. The highest BCUT2D eigenvalue weighted by atomic mass is 32.1. The Hall–Kier alpha value is -1.00. The summed E-state index contributed by atoms with van der Waals surface area (Å²) >= 11 is 3.91. The highest BCUT2D eigenvalue weighted by molar-refractivity contribution is 7.80. The lowest BCUT2D eigenvalue weighted by Crippen LogP contribution is -2.33. The molecule has 0 unspecified atom stereocenters. The van der Waals surface area contributed by atoms with Crippen LogP contribution in [0.5, 0.6) is 0 Å². The zero-order chi connectivity index (χ0) is 10.4. The molecule has 1 atom stereocenters.